The predicted molar refractivity (Wildman–Crippen MR) is 64.3 cm³/mol. The van der Waals surface area contributed by atoms with E-state index in [1.807, 2.05) is 11.5 Å². The SMILES string of the molecule is Cc1ccc(F)cc1-c1nnc(CO)n1C1CC1. The Bertz CT molecular complexity index is 590. The van der Waals surface area contributed by atoms with Gasteiger partial charge in [0.25, 0.3) is 0 Å². The van der Waals surface area contributed by atoms with E-state index >= 15 is 0 Å². The molecule has 0 saturated heterocycles. The molecule has 3 rings (SSSR count). The number of aliphatic hydroxyl groups excluding tert-OH is 1. The van der Waals surface area contributed by atoms with E-state index in [1.165, 1.54) is 12.1 Å². The highest BCUT2D eigenvalue weighted by molar-refractivity contribution is 5.60. The monoisotopic (exact) mass is 247 g/mol. The van der Waals surface area contributed by atoms with Gasteiger partial charge in [-0.15, -0.1) is 10.2 Å². The highest BCUT2D eigenvalue weighted by Crippen LogP contribution is 2.39. The molecule has 1 heterocycles. The molecule has 1 fully saturated rings. The Labute approximate surface area is 104 Å². The summed E-state index contributed by atoms with van der Waals surface area (Å²) in [5.74, 6) is 0.918. The van der Waals surface area contributed by atoms with Crippen LogP contribution in [0.1, 0.15) is 30.3 Å². The van der Waals surface area contributed by atoms with Crippen LogP contribution in [-0.4, -0.2) is 19.9 Å². The van der Waals surface area contributed by atoms with Crippen molar-refractivity contribution in [3.05, 3.63) is 35.4 Å². The van der Waals surface area contributed by atoms with Gasteiger partial charge in [0.2, 0.25) is 0 Å². The molecule has 0 aliphatic heterocycles. The van der Waals surface area contributed by atoms with Crippen LogP contribution < -0.4 is 0 Å². The van der Waals surface area contributed by atoms with E-state index in [9.17, 15) is 9.50 Å². The van der Waals surface area contributed by atoms with Crippen LogP contribution >= 0.6 is 0 Å². The smallest absolute Gasteiger partial charge is 0.164 e. The van der Waals surface area contributed by atoms with Crippen LogP contribution in [0.4, 0.5) is 4.39 Å². The largest absolute Gasteiger partial charge is 0.388 e. The molecule has 0 amide bonds. The van der Waals surface area contributed by atoms with E-state index in [-0.39, 0.29) is 12.4 Å². The van der Waals surface area contributed by atoms with Gasteiger partial charge in [-0.3, -0.25) is 0 Å². The van der Waals surface area contributed by atoms with E-state index < -0.39 is 0 Å². The quantitative estimate of drug-likeness (QED) is 0.904. The summed E-state index contributed by atoms with van der Waals surface area (Å²) < 4.78 is 15.3. The second-order valence-corrected chi connectivity index (χ2v) is 4.66. The fourth-order valence-electron chi connectivity index (χ4n) is 2.17. The van der Waals surface area contributed by atoms with Crippen molar-refractivity contribution >= 4 is 0 Å². The van der Waals surface area contributed by atoms with E-state index in [0.717, 1.165) is 24.0 Å². The van der Waals surface area contributed by atoms with Gasteiger partial charge < -0.3 is 9.67 Å². The van der Waals surface area contributed by atoms with Crippen LogP contribution in [0.25, 0.3) is 11.4 Å². The van der Waals surface area contributed by atoms with E-state index in [2.05, 4.69) is 10.2 Å². The topological polar surface area (TPSA) is 50.9 Å². The first-order valence-corrected chi connectivity index (χ1v) is 6.02. The maximum atomic E-state index is 13.4. The molecule has 0 bridgehead atoms. The van der Waals surface area contributed by atoms with Crippen LogP contribution in [0.15, 0.2) is 18.2 Å². The molecule has 0 spiro atoms. The molecular weight excluding hydrogens is 233 g/mol. The summed E-state index contributed by atoms with van der Waals surface area (Å²) in [6.07, 6.45) is 2.12. The minimum Gasteiger partial charge on any atom is -0.388 e. The lowest BCUT2D eigenvalue weighted by atomic mass is 10.1. The van der Waals surface area contributed by atoms with Crippen molar-refractivity contribution in [2.75, 3.05) is 0 Å². The van der Waals surface area contributed by atoms with Crippen molar-refractivity contribution in [3.8, 4) is 11.4 Å². The molecule has 2 aromatic rings. The minimum absolute atomic E-state index is 0.141. The Morgan fingerprint density at radius 1 is 1.39 bits per heavy atom. The summed E-state index contributed by atoms with van der Waals surface area (Å²) >= 11 is 0. The number of hydrogen-bond acceptors (Lipinski definition) is 3. The van der Waals surface area contributed by atoms with Gasteiger partial charge in [-0.05, 0) is 37.5 Å². The van der Waals surface area contributed by atoms with Crippen LogP contribution in [0.5, 0.6) is 0 Å². The average Bonchev–Trinajstić information content (AvgIpc) is 3.12. The van der Waals surface area contributed by atoms with Crippen LogP contribution in [0.3, 0.4) is 0 Å². The fraction of sp³-hybridized carbons (Fsp3) is 0.385. The number of benzene rings is 1. The van der Waals surface area contributed by atoms with Crippen molar-refractivity contribution in [2.45, 2.75) is 32.4 Å². The van der Waals surface area contributed by atoms with Gasteiger partial charge in [-0.1, -0.05) is 6.07 Å². The first kappa shape index (κ1) is 11.3. The first-order chi connectivity index (χ1) is 8.70. The molecule has 1 N–H and O–H groups in total. The van der Waals surface area contributed by atoms with Crippen molar-refractivity contribution in [3.63, 3.8) is 0 Å². The molecular formula is C13H14FN3O. The summed E-state index contributed by atoms with van der Waals surface area (Å²) in [6.45, 7) is 1.77. The molecule has 0 unspecified atom stereocenters. The zero-order chi connectivity index (χ0) is 12.7. The minimum atomic E-state index is -0.286. The van der Waals surface area contributed by atoms with Crippen molar-refractivity contribution in [2.24, 2.45) is 0 Å². The predicted octanol–water partition coefficient (Wildman–Crippen LogP) is 2.22. The lowest BCUT2D eigenvalue weighted by Gasteiger charge is -2.09. The lowest BCUT2D eigenvalue weighted by Crippen LogP contribution is -2.04. The highest BCUT2D eigenvalue weighted by atomic mass is 19.1. The Hall–Kier alpha value is -1.75. The molecule has 1 aliphatic carbocycles. The number of aromatic nitrogens is 3. The molecule has 1 aliphatic rings. The molecule has 5 heteroatoms. The van der Waals surface area contributed by atoms with Crippen LogP contribution in [0.2, 0.25) is 0 Å². The van der Waals surface area contributed by atoms with E-state index in [0.29, 0.717) is 17.7 Å². The number of aryl methyl sites for hydroxylation is 1. The molecule has 0 radical (unpaired) electrons. The van der Waals surface area contributed by atoms with Gasteiger partial charge in [0.15, 0.2) is 11.6 Å². The molecule has 1 saturated carbocycles. The van der Waals surface area contributed by atoms with E-state index in [4.69, 9.17) is 0 Å². The van der Waals surface area contributed by atoms with Crippen molar-refractivity contribution in [1.29, 1.82) is 0 Å². The normalized spacial score (nSPS) is 15.1. The van der Waals surface area contributed by atoms with Crippen molar-refractivity contribution in [1.82, 2.24) is 14.8 Å². The number of nitrogens with zero attached hydrogens (tertiary/aromatic N) is 3. The van der Waals surface area contributed by atoms with E-state index in [1.54, 1.807) is 6.07 Å². The molecule has 4 nitrogen and oxygen atoms in total. The van der Waals surface area contributed by atoms with Crippen LogP contribution in [0, 0.1) is 12.7 Å². The number of hydrogen-bond donors (Lipinski definition) is 1. The number of halogens is 1. The summed E-state index contributed by atoms with van der Waals surface area (Å²) in [6, 6.07) is 4.98. The maximum absolute atomic E-state index is 13.4. The Morgan fingerprint density at radius 3 is 2.83 bits per heavy atom. The summed E-state index contributed by atoms with van der Waals surface area (Å²) in [4.78, 5) is 0. The average molecular weight is 247 g/mol. The van der Waals surface area contributed by atoms with Gasteiger partial charge in [-0.25, -0.2) is 4.39 Å². The third-order valence-corrected chi connectivity index (χ3v) is 3.26. The maximum Gasteiger partial charge on any atom is 0.164 e. The summed E-state index contributed by atoms with van der Waals surface area (Å²) in [5.41, 5.74) is 1.70. The summed E-state index contributed by atoms with van der Waals surface area (Å²) in [5, 5.41) is 17.4. The van der Waals surface area contributed by atoms with Gasteiger partial charge in [-0.2, -0.15) is 0 Å². The zero-order valence-electron chi connectivity index (χ0n) is 10.1. The molecule has 94 valence electrons. The Kier molecular flexibility index (Phi) is 2.63. The standard InChI is InChI=1S/C13H14FN3O/c1-8-2-3-9(14)6-11(8)13-16-15-12(7-18)17(13)10-4-5-10/h2-3,6,10,18H,4-5,7H2,1H3. The molecule has 0 atom stereocenters. The van der Waals surface area contributed by atoms with Gasteiger partial charge >= 0.3 is 0 Å². The fourth-order valence-corrected chi connectivity index (χ4v) is 2.17. The lowest BCUT2D eigenvalue weighted by molar-refractivity contribution is 0.265. The second kappa shape index (κ2) is 4.17. The van der Waals surface area contributed by atoms with Gasteiger partial charge in [0.05, 0.1) is 0 Å². The summed E-state index contributed by atoms with van der Waals surface area (Å²) in [7, 11) is 0. The second-order valence-electron chi connectivity index (χ2n) is 4.66. The van der Waals surface area contributed by atoms with Gasteiger partial charge in [0.1, 0.15) is 12.4 Å². The Balaban J connectivity index is 2.16. The highest BCUT2D eigenvalue weighted by Gasteiger charge is 2.30. The Morgan fingerprint density at radius 2 is 2.17 bits per heavy atom. The zero-order valence-corrected chi connectivity index (χ0v) is 10.1. The van der Waals surface area contributed by atoms with Gasteiger partial charge in [0, 0.05) is 11.6 Å². The third-order valence-electron chi connectivity index (χ3n) is 3.26. The number of aliphatic hydroxyl groups is 1. The van der Waals surface area contributed by atoms with Crippen molar-refractivity contribution < 1.29 is 9.50 Å². The molecule has 18 heavy (non-hydrogen) atoms. The first-order valence-electron chi connectivity index (χ1n) is 6.02. The van der Waals surface area contributed by atoms with Crippen LogP contribution in [-0.2, 0) is 6.61 Å². The number of rotatable bonds is 3. The molecule has 1 aromatic carbocycles. The molecule has 1 aromatic heterocycles. The third kappa shape index (κ3) is 1.80.